The smallest absolute Gasteiger partial charge is 0.208 e. The van der Waals surface area contributed by atoms with Crippen LogP contribution in [0.3, 0.4) is 0 Å². The average Bonchev–Trinajstić information content (AvgIpc) is 2.09. The third kappa shape index (κ3) is 5.24. The Morgan fingerprint density at radius 2 is 2.06 bits per heavy atom. The molecule has 0 saturated heterocycles. The van der Waals surface area contributed by atoms with Crippen molar-refractivity contribution >= 4 is 27.4 Å². The quantitative estimate of drug-likeness (QED) is 0.594. The van der Waals surface area contributed by atoms with Gasteiger partial charge in [0.15, 0.2) is 0 Å². The molecule has 0 aromatic carbocycles. The van der Waals surface area contributed by atoms with E-state index in [1.807, 2.05) is 0 Å². The van der Waals surface area contributed by atoms with Crippen molar-refractivity contribution in [2.75, 3.05) is 24.7 Å². The van der Waals surface area contributed by atoms with Gasteiger partial charge in [0.1, 0.15) is 16.8 Å². The predicted molar refractivity (Wildman–Crippen MR) is 63.1 cm³/mol. The number of aryl methyl sites for hydroxylation is 1. The zero-order chi connectivity index (χ0) is 12.2. The maximum atomic E-state index is 10.8. The van der Waals surface area contributed by atoms with Crippen molar-refractivity contribution in [1.29, 1.82) is 0 Å². The molecule has 0 unspecified atom stereocenters. The van der Waals surface area contributed by atoms with Crippen LogP contribution in [0.15, 0.2) is 6.07 Å². The van der Waals surface area contributed by atoms with Gasteiger partial charge in [-0.05, 0) is 6.92 Å². The highest BCUT2D eigenvalue weighted by molar-refractivity contribution is 7.88. The summed E-state index contributed by atoms with van der Waals surface area (Å²) in [7, 11) is -3.14. The molecular weight excluding hydrogens is 252 g/mol. The standard InChI is InChI=1S/C8H13ClN4O2S/c1-6-12-7(9)5-8(13-6)10-3-4-11-16(2,14)15/h5,11H,3-4H2,1-2H3,(H,10,12,13). The van der Waals surface area contributed by atoms with Gasteiger partial charge in [-0.25, -0.2) is 23.1 Å². The summed E-state index contributed by atoms with van der Waals surface area (Å²) in [6.45, 7) is 2.45. The van der Waals surface area contributed by atoms with Crippen molar-refractivity contribution in [3.05, 3.63) is 17.0 Å². The number of hydrogen-bond acceptors (Lipinski definition) is 5. The molecule has 0 bridgehead atoms. The number of aromatic nitrogens is 2. The lowest BCUT2D eigenvalue weighted by molar-refractivity contribution is 0.589. The second kappa shape index (κ2) is 5.42. The van der Waals surface area contributed by atoms with Crippen molar-refractivity contribution in [2.45, 2.75) is 6.92 Å². The van der Waals surface area contributed by atoms with E-state index in [-0.39, 0.29) is 0 Å². The fourth-order valence-corrected chi connectivity index (χ4v) is 1.75. The molecule has 90 valence electrons. The minimum absolute atomic E-state index is 0.291. The van der Waals surface area contributed by atoms with Crippen LogP contribution in [-0.2, 0) is 10.0 Å². The summed E-state index contributed by atoms with van der Waals surface area (Å²) in [5, 5.41) is 3.29. The minimum Gasteiger partial charge on any atom is -0.369 e. The van der Waals surface area contributed by atoms with Gasteiger partial charge in [-0.3, -0.25) is 0 Å². The molecule has 1 aromatic rings. The third-order valence-corrected chi connectivity index (χ3v) is 2.52. The molecule has 0 aliphatic rings. The van der Waals surface area contributed by atoms with Gasteiger partial charge in [-0.2, -0.15) is 0 Å². The molecule has 1 aromatic heterocycles. The van der Waals surface area contributed by atoms with Gasteiger partial charge >= 0.3 is 0 Å². The van der Waals surface area contributed by atoms with Crippen LogP contribution >= 0.6 is 11.6 Å². The predicted octanol–water partition coefficient (Wildman–Crippen LogP) is 0.400. The Balaban J connectivity index is 2.43. The van der Waals surface area contributed by atoms with E-state index in [9.17, 15) is 8.42 Å². The number of sulfonamides is 1. The lowest BCUT2D eigenvalue weighted by Crippen LogP contribution is -2.27. The Labute approximate surface area is 99.5 Å². The summed E-state index contributed by atoms with van der Waals surface area (Å²) in [4.78, 5) is 7.99. The molecule has 6 nitrogen and oxygen atoms in total. The fraction of sp³-hybridized carbons (Fsp3) is 0.500. The third-order valence-electron chi connectivity index (χ3n) is 1.60. The molecule has 2 N–H and O–H groups in total. The zero-order valence-electron chi connectivity index (χ0n) is 8.99. The van der Waals surface area contributed by atoms with Crippen LogP contribution in [-0.4, -0.2) is 37.7 Å². The van der Waals surface area contributed by atoms with Crippen molar-refractivity contribution in [1.82, 2.24) is 14.7 Å². The summed E-state index contributed by atoms with van der Waals surface area (Å²) in [6.07, 6.45) is 1.11. The second-order valence-electron chi connectivity index (χ2n) is 3.22. The molecule has 0 aliphatic carbocycles. The van der Waals surface area contributed by atoms with Gasteiger partial charge < -0.3 is 5.32 Å². The van der Waals surface area contributed by atoms with Gasteiger partial charge in [-0.15, -0.1) is 0 Å². The van der Waals surface area contributed by atoms with Crippen LogP contribution in [0.4, 0.5) is 5.82 Å². The summed E-state index contributed by atoms with van der Waals surface area (Å²) in [5.41, 5.74) is 0. The van der Waals surface area contributed by atoms with Crippen LogP contribution in [0.25, 0.3) is 0 Å². The minimum atomic E-state index is -3.14. The van der Waals surface area contributed by atoms with Crippen LogP contribution < -0.4 is 10.0 Å². The van der Waals surface area contributed by atoms with Gasteiger partial charge in [0.2, 0.25) is 10.0 Å². The highest BCUT2D eigenvalue weighted by Crippen LogP contribution is 2.10. The molecule has 0 spiro atoms. The molecule has 0 aliphatic heterocycles. The monoisotopic (exact) mass is 264 g/mol. The number of hydrogen-bond donors (Lipinski definition) is 2. The lowest BCUT2D eigenvalue weighted by Gasteiger charge is -2.06. The molecule has 0 radical (unpaired) electrons. The van der Waals surface area contributed by atoms with E-state index in [1.165, 1.54) is 0 Å². The van der Waals surface area contributed by atoms with Gasteiger partial charge in [-0.1, -0.05) is 11.6 Å². The van der Waals surface area contributed by atoms with E-state index in [0.29, 0.717) is 29.9 Å². The number of nitrogens with zero attached hydrogens (tertiary/aromatic N) is 2. The van der Waals surface area contributed by atoms with E-state index >= 15 is 0 Å². The molecular formula is C8H13ClN4O2S. The maximum absolute atomic E-state index is 10.8. The number of nitrogens with one attached hydrogen (secondary N) is 2. The largest absolute Gasteiger partial charge is 0.369 e. The van der Waals surface area contributed by atoms with E-state index in [0.717, 1.165) is 6.26 Å². The molecule has 0 amide bonds. The van der Waals surface area contributed by atoms with Gasteiger partial charge in [0.25, 0.3) is 0 Å². The first kappa shape index (κ1) is 13.1. The SMILES string of the molecule is Cc1nc(Cl)cc(NCCNS(C)(=O)=O)n1. The number of rotatable bonds is 5. The Bertz CT molecular complexity index is 443. The van der Waals surface area contributed by atoms with Crippen molar-refractivity contribution in [3.63, 3.8) is 0 Å². The molecule has 0 saturated carbocycles. The van der Waals surface area contributed by atoms with Crippen LogP contribution in [0, 0.1) is 6.92 Å². The van der Waals surface area contributed by atoms with Crippen molar-refractivity contribution < 1.29 is 8.42 Å². The van der Waals surface area contributed by atoms with Crippen molar-refractivity contribution in [2.24, 2.45) is 0 Å². The highest BCUT2D eigenvalue weighted by Gasteiger charge is 2.01. The topological polar surface area (TPSA) is 84.0 Å². The van der Waals surface area contributed by atoms with E-state index < -0.39 is 10.0 Å². The van der Waals surface area contributed by atoms with Gasteiger partial charge in [0, 0.05) is 19.2 Å². The maximum Gasteiger partial charge on any atom is 0.208 e. The second-order valence-corrected chi connectivity index (χ2v) is 5.44. The van der Waals surface area contributed by atoms with E-state index in [4.69, 9.17) is 11.6 Å². The lowest BCUT2D eigenvalue weighted by atomic mass is 10.5. The summed E-state index contributed by atoms with van der Waals surface area (Å²) >= 11 is 5.73. The summed E-state index contributed by atoms with van der Waals surface area (Å²) in [5.74, 6) is 1.14. The first-order valence-corrected chi connectivity index (χ1v) is 6.83. The molecule has 0 atom stereocenters. The van der Waals surface area contributed by atoms with Crippen LogP contribution in [0.1, 0.15) is 5.82 Å². The van der Waals surface area contributed by atoms with E-state index in [1.54, 1.807) is 13.0 Å². The van der Waals surface area contributed by atoms with Crippen molar-refractivity contribution in [3.8, 4) is 0 Å². The Hall–Kier alpha value is -0.920. The molecule has 0 fully saturated rings. The summed E-state index contributed by atoms with van der Waals surface area (Å²) < 4.78 is 23.9. The van der Waals surface area contributed by atoms with Crippen LogP contribution in [0.2, 0.25) is 5.15 Å². The van der Waals surface area contributed by atoms with Crippen LogP contribution in [0.5, 0.6) is 0 Å². The van der Waals surface area contributed by atoms with E-state index in [2.05, 4.69) is 20.0 Å². The normalized spacial score (nSPS) is 11.4. The Kier molecular flexibility index (Phi) is 4.45. The molecule has 1 rings (SSSR count). The first-order valence-electron chi connectivity index (χ1n) is 4.56. The van der Waals surface area contributed by atoms with Gasteiger partial charge in [0.05, 0.1) is 6.26 Å². The highest BCUT2D eigenvalue weighted by atomic mass is 35.5. The first-order chi connectivity index (χ1) is 7.37. The number of halogens is 1. The number of anilines is 1. The molecule has 1 heterocycles. The Morgan fingerprint density at radius 1 is 1.38 bits per heavy atom. The fourth-order valence-electron chi connectivity index (χ4n) is 1.05. The zero-order valence-corrected chi connectivity index (χ0v) is 10.6. The molecule has 16 heavy (non-hydrogen) atoms. The molecule has 8 heteroatoms. The summed E-state index contributed by atoms with van der Waals surface area (Å²) in [6, 6.07) is 1.58. The Morgan fingerprint density at radius 3 is 2.62 bits per heavy atom. The average molecular weight is 265 g/mol.